The zero-order valence-electron chi connectivity index (χ0n) is 40.4. The van der Waals surface area contributed by atoms with Crippen molar-refractivity contribution in [2.75, 3.05) is 9.80 Å². The molecule has 0 atom stereocenters. The summed E-state index contributed by atoms with van der Waals surface area (Å²) in [6.07, 6.45) is 0. The van der Waals surface area contributed by atoms with Gasteiger partial charge in [0.1, 0.15) is 11.2 Å². The average Bonchev–Trinajstić information content (AvgIpc) is 4.01. The van der Waals surface area contributed by atoms with Gasteiger partial charge in [-0.25, -0.2) is 0 Å². The molecule has 0 fully saturated rings. The van der Waals surface area contributed by atoms with Crippen LogP contribution in [0.15, 0.2) is 283 Å². The predicted molar refractivity (Wildman–Crippen MR) is 308 cm³/mol. The number of hydrogen-bond acceptors (Lipinski definition) is 3. The molecule has 3 nitrogen and oxygen atoms in total. The van der Waals surface area contributed by atoms with Crippen molar-refractivity contribution < 1.29 is 4.42 Å². The molecule has 0 radical (unpaired) electrons. The van der Waals surface area contributed by atoms with Crippen LogP contribution in [0, 0.1) is 0 Å². The predicted octanol–water partition coefficient (Wildman–Crippen LogP) is 19.4. The molecule has 1 aliphatic heterocycles. The summed E-state index contributed by atoms with van der Waals surface area (Å²) in [5, 5.41) is 4.68. The van der Waals surface area contributed by atoms with Gasteiger partial charge in [0.15, 0.2) is 0 Å². The van der Waals surface area contributed by atoms with Crippen molar-refractivity contribution in [3.63, 3.8) is 0 Å². The molecule has 0 unspecified atom stereocenters. The first kappa shape index (κ1) is 42.0. The van der Waals surface area contributed by atoms with Gasteiger partial charge in [0.25, 0.3) is 0 Å². The van der Waals surface area contributed by atoms with Crippen molar-refractivity contribution in [1.82, 2.24) is 0 Å². The highest BCUT2D eigenvalue weighted by Gasteiger charge is 2.52. The average molecular weight is 943 g/mol. The van der Waals surface area contributed by atoms with Crippen molar-refractivity contribution in [3.8, 4) is 44.5 Å². The minimum Gasteiger partial charge on any atom is -0.456 e. The molecule has 15 rings (SSSR count). The van der Waals surface area contributed by atoms with Gasteiger partial charge in [-0.1, -0.05) is 212 Å². The lowest BCUT2D eigenvalue weighted by Crippen LogP contribution is -2.36. The summed E-state index contributed by atoms with van der Waals surface area (Å²) in [6.45, 7) is 0. The van der Waals surface area contributed by atoms with Gasteiger partial charge in [0.2, 0.25) is 0 Å². The van der Waals surface area contributed by atoms with Gasteiger partial charge in [0, 0.05) is 33.3 Å². The summed E-state index contributed by atoms with van der Waals surface area (Å²) in [5.41, 5.74) is 22.3. The van der Waals surface area contributed by atoms with Gasteiger partial charge in [-0.05, 0) is 133 Å². The molecule has 1 spiro atoms. The van der Waals surface area contributed by atoms with Crippen LogP contribution in [0.3, 0.4) is 0 Å². The Kier molecular flexibility index (Phi) is 9.48. The first-order valence-electron chi connectivity index (χ1n) is 25.5. The van der Waals surface area contributed by atoms with Crippen LogP contribution in [0.2, 0.25) is 0 Å². The van der Waals surface area contributed by atoms with E-state index >= 15 is 0 Å². The Hall–Kier alpha value is -9.70. The quantitative estimate of drug-likeness (QED) is 0.159. The molecule has 74 heavy (non-hydrogen) atoms. The second kappa shape index (κ2) is 16.7. The standard InChI is InChI=1S/C71H46N2O/c1-2-24-50(25-3-1)72-65-39-15-12-35-61(65)71(62-36-13-16-40-66(62)72)60-34-11-8-32-58(60)70-63(71)37-20-41-67(70)73(51-26-18-23-48(45-51)49-43-44-69-59(46-49)57-31-10-17-42-68(57)74-69)64-38-14-9-30-56(64)55-29-7-6-28-54(55)53-33-19-22-47-21-4-5-27-52(47)53/h1-46H. The highest BCUT2D eigenvalue weighted by Crippen LogP contribution is 2.65. The summed E-state index contributed by atoms with van der Waals surface area (Å²) in [5.74, 6) is 0. The Morgan fingerprint density at radius 2 is 0.865 bits per heavy atom. The third kappa shape index (κ3) is 6.20. The number of fused-ring (bicyclic) bond motifs is 13. The smallest absolute Gasteiger partial charge is 0.135 e. The third-order valence-electron chi connectivity index (χ3n) is 15.7. The molecule has 0 amide bonds. The molecule has 0 saturated heterocycles. The minimum absolute atomic E-state index is 0.628. The van der Waals surface area contributed by atoms with Gasteiger partial charge in [-0.3, -0.25) is 0 Å². The summed E-state index contributed by atoms with van der Waals surface area (Å²) in [7, 11) is 0. The Balaban J connectivity index is 1.01. The molecular formula is C71H46N2O. The lowest BCUT2D eigenvalue weighted by Gasteiger charge is -2.45. The number of rotatable bonds is 7. The summed E-state index contributed by atoms with van der Waals surface area (Å²) in [6, 6.07) is 102. The van der Waals surface area contributed by atoms with Crippen molar-refractivity contribution in [1.29, 1.82) is 0 Å². The van der Waals surface area contributed by atoms with Crippen molar-refractivity contribution in [2.24, 2.45) is 0 Å². The second-order valence-electron chi connectivity index (χ2n) is 19.5. The Morgan fingerprint density at radius 1 is 0.324 bits per heavy atom. The SMILES string of the molecule is c1ccc(N2c3ccccc3C3(c4ccccc4-c4c(N(c5cccc(-c6ccc7oc8ccccc8c7c6)c5)c5ccccc5-c5ccccc5-c5cccc6ccccc56)cccc43)c3ccccc32)cc1. The van der Waals surface area contributed by atoms with E-state index in [1.54, 1.807) is 0 Å². The third-order valence-corrected chi connectivity index (χ3v) is 15.7. The maximum atomic E-state index is 6.32. The zero-order valence-corrected chi connectivity index (χ0v) is 40.4. The fourth-order valence-corrected chi connectivity index (χ4v) is 12.6. The fraction of sp³-hybridized carbons (Fsp3) is 0.0141. The largest absolute Gasteiger partial charge is 0.456 e. The topological polar surface area (TPSA) is 19.6 Å². The minimum atomic E-state index is -0.628. The fourth-order valence-electron chi connectivity index (χ4n) is 12.6. The molecule has 2 heterocycles. The number of hydrogen-bond donors (Lipinski definition) is 0. The zero-order chi connectivity index (χ0) is 48.7. The Morgan fingerprint density at radius 3 is 1.68 bits per heavy atom. The van der Waals surface area contributed by atoms with E-state index in [0.29, 0.717) is 0 Å². The summed E-state index contributed by atoms with van der Waals surface area (Å²) < 4.78 is 6.32. The molecule has 12 aromatic carbocycles. The van der Waals surface area contributed by atoms with Gasteiger partial charge in [0.05, 0.1) is 28.2 Å². The van der Waals surface area contributed by atoms with Crippen LogP contribution in [0.4, 0.5) is 34.1 Å². The lowest BCUT2D eigenvalue weighted by molar-refractivity contribution is 0.669. The first-order chi connectivity index (χ1) is 36.7. The van der Waals surface area contributed by atoms with Crippen LogP contribution in [-0.4, -0.2) is 0 Å². The molecule has 346 valence electrons. The molecule has 1 aromatic heterocycles. The second-order valence-corrected chi connectivity index (χ2v) is 19.5. The molecule has 0 N–H and O–H groups in total. The summed E-state index contributed by atoms with van der Waals surface area (Å²) >= 11 is 0. The van der Waals surface area contributed by atoms with E-state index in [1.807, 2.05) is 12.1 Å². The van der Waals surface area contributed by atoms with Gasteiger partial charge < -0.3 is 14.2 Å². The van der Waals surface area contributed by atoms with Crippen LogP contribution in [-0.2, 0) is 5.41 Å². The normalized spacial score (nSPS) is 12.9. The summed E-state index contributed by atoms with van der Waals surface area (Å²) in [4.78, 5) is 4.99. The van der Waals surface area contributed by atoms with E-state index in [4.69, 9.17) is 4.42 Å². The Labute approximate surface area is 430 Å². The maximum absolute atomic E-state index is 6.32. The molecule has 1 aliphatic carbocycles. The van der Waals surface area contributed by atoms with Gasteiger partial charge in [-0.15, -0.1) is 0 Å². The van der Waals surface area contributed by atoms with Crippen molar-refractivity contribution in [2.45, 2.75) is 5.41 Å². The van der Waals surface area contributed by atoms with Crippen LogP contribution in [0.5, 0.6) is 0 Å². The van der Waals surface area contributed by atoms with Crippen LogP contribution in [0.25, 0.3) is 77.2 Å². The van der Waals surface area contributed by atoms with Crippen LogP contribution >= 0.6 is 0 Å². The first-order valence-corrected chi connectivity index (χ1v) is 25.5. The van der Waals surface area contributed by atoms with Gasteiger partial charge in [-0.2, -0.15) is 0 Å². The van der Waals surface area contributed by atoms with Gasteiger partial charge >= 0.3 is 0 Å². The van der Waals surface area contributed by atoms with E-state index in [-0.39, 0.29) is 0 Å². The van der Waals surface area contributed by atoms with E-state index in [9.17, 15) is 0 Å². The number of anilines is 6. The van der Waals surface area contributed by atoms with Crippen molar-refractivity contribution in [3.05, 3.63) is 301 Å². The monoisotopic (exact) mass is 942 g/mol. The van der Waals surface area contributed by atoms with E-state index in [1.165, 1.54) is 72.2 Å². The Bertz CT molecular complexity index is 4300. The molecular weight excluding hydrogens is 897 g/mol. The number of nitrogens with zero attached hydrogens (tertiary/aromatic N) is 2. The lowest BCUT2D eigenvalue weighted by atomic mass is 9.64. The molecule has 3 heteroatoms. The molecule has 2 aliphatic rings. The molecule has 0 bridgehead atoms. The number of benzene rings is 12. The highest BCUT2D eigenvalue weighted by atomic mass is 16.3. The maximum Gasteiger partial charge on any atom is 0.135 e. The van der Waals surface area contributed by atoms with Crippen LogP contribution in [0.1, 0.15) is 22.3 Å². The number of furan rings is 1. The number of para-hydroxylation sites is 5. The molecule has 13 aromatic rings. The van der Waals surface area contributed by atoms with E-state index in [0.717, 1.165) is 61.4 Å². The molecule has 0 saturated carbocycles. The van der Waals surface area contributed by atoms with Crippen LogP contribution < -0.4 is 9.80 Å². The van der Waals surface area contributed by atoms with E-state index in [2.05, 4.69) is 277 Å². The van der Waals surface area contributed by atoms with E-state index < -0.39 is 5.41 Å². The highest BCUT2D eigenvalue weighted by molar-refractivity contribution is 6.08. The van der Waals surface area contributed by atoms with Crippen molar-refractivity contribution >= 4 is 66.8 Å².